The van der Waals surface area contributed by atoms with Crippen LogP contribution in [0.4, 0.5) is 4.39 Å². The second kappa shape index (κ2) is 7.31. The van der Waals surface area contributed by atoms with Crippen LogP contribution in [0, 0.1) is 12.7 Å². The van der Waals surface area contributed by atoms with Gasteiger partial charge in [0.1, 0.15) is 19.0 Å². The average Bonchev–Trinajstić information content (AvgIpc) is 2.95. The number of aryl methyl sites for hydroxylation is 1. The van der Waals surface area contributed by atoms with Crippen molar-refractivity contribution >= 4 is 10.9 Å². The van der Waals surface area contributed by atoms with Gasteiger partial charge in [0.05, 0.1) is 6.20 Å². The van der Waals surface area contributed by atoms with Gasteiger partial charge in [-0.2, -0.15) is 0 Å². The van der Waals surface area contributed by atoms with E-state index in [0.717, 1.165) is 28.6 Å². The smallest absolute Gasteiger partial charge is 0.167 e. The number of H-pyrrole nitrogens is 1. The van der Waals surface area contributed by atoms with Gasteiger partial charge in [-0.25, -0.2) is 4.39 Å². The van der Waals surface area contributed by atoms with E-state index in [9.17, 15) is 4.39 Å². The minimum absolute atomic E-state index is 0.214. The van der Waals surface area contributed by atoms with E-state index in [-0.39, 0.29) is 12.4 Å². The Morgan fingerprint density at radius 2 is 2.04 bits per heavy atom. The van der Waals surface area contributed by atoms with Crippen LogP contribution in [0.25, 0.3) is 10.9 Å². The van der Waals surface area contributed by atoms with Crippen LogP contribution in [0.5, 0.6) is 11.5 Å². The van der Waals surface area contributed by atoms with E-state index in [1.54, 1.807) is 12.3 Å². The van der Waals surface area contributed by atoms with Crippen molar-refractivity contribution in [2.75, 3.05) is 19.8 Å². The summed E-state index contributed by atoms with van der Waals surface area (Å²) in [6.45, 7) is 3.00. The van der Waals surface area contributed by atoms with Gasteiger partial charge < -0.3 is 20.2 Å². The highest BCUT2D eigenvalue weighted by atomic mass is 19.1. The Kier molecular flexibility index (Phi) is 4.96. The third kappa shape index (κ3) is 3.65. The van der Waals surface area contributed by atoms with E-state index < -0.39 is 5.82 Å². The lowest BCUT2D eigenvalue weighted by molar-refractivity contribution is 0.211. The van der Waals surface area contributed by atoms with Crippen molar-refractivity contribution in [3.63, 3.8) is 0 Å². The van der Waals surface area contributed by atoms with Crippen LogP contribution in [0.15, 0.2) is 36.7 Å². The topological polar surface area (TPSA) is 73.2 Å². The summed E-state index contributed by atoms with van der Waals surface area (Å²) in [7, 11) is 0. The van der Waals surface area contributed by atoms with Crippen LogP contribution in [0.2, 0.25) is 0 Å². The quantitative estimate of drug-likeness (QED) is 0.654. The van der Waals surface area contributed by atoms with Crippen LogP contribution >= 0.6 is 0 Å². The molecule has 3 rings (SSSR count). The molecule has 0 saturated carbocycles. The molecular weight excluding hydrogens is 309 g/mol. The molecule has 0 fully saturated rings. The lowest BCUT2D eigenvalue weighted by Gasteiger charge is -2.09. The number of halogens is 1. The minimum atomic E-state index is -0.402. The van der Waals surface area contributed by atoms with Crippen molar-refractivity contribution in [2.45, 2.75) is 13.3 Å². The minimum Gasteiger partial charge on any atom is -0.488 e. The fraction of sp³-hybridized carbons (Fsp3) is 0.278. The average molecular weight is 329 g/mol. The van der Waals surface area contributed by atoms with Gasteiger partial charge in [-0.3, -0.25) is 4.98 Å². The summed E-state index contributed by atoms with van der Waals surface area (Å²) in [6, 6.07) is 6.86. The first-order chi connectivity index (χ1) is 11.7. The number of pyridine rings is 1. The third-order valence-corrected chi connectivity index (χ3v) is 3.73. The summed E-state index contributed by atoms with van der Waals surface area (Å²) in [4.78, 5) is 7.20. The molecule has 24 heavy (non-hydrogen) atoms. The Morgan fingerprint density at radius 3 is 2.79 bits per heavy atom. The molecule has 3 N–H and O–H groups in total. The number of nitrogens with zero attached hydrogens (tertiary/aromatic N) is 1. The molecule has 3 aromatic rings. The molecule has 0 bridgehead atoms. The van der Waals surface area contributed by atoms with E-state index in [0.29, 0.717) is 18.9 Å². The monoisotopic (exact) mass is 329 g/mol. The predicted molar refractivity (Wildman–Crippen MR) is 91.0 cm³/mol. The van der Waals surface area contributed by atoms with E-state index in [1.807, 2.05) is 25.3 Å². The number of fused-ring (bicyclic) bond motifs is 1. The molecular formula is C18H20FN3O2. The summed E-state index contributed by atoms with van der Waals surface area (Å²) in [5, 5.41) is 0.931. The van der Waals surface area contributed by atoms with Crippen LogP contribution in [-0.2, 0) is 6.42 Å². The highest BCUT2D eigenvalue weighted by Gasteiger charge is 2.10. The lowest BCUT2D eigenvalue weighted by atomic mass is 10.1. The summed E-state index contributed by atoms with van der Waals surface area (Å²) in [5.41, 5.74) is 8.32. The Hall–Kier alpha value is -2.60. The number of hydrogen-bond acceptors (Lipinski definition) is 4. The van der Waals surface area contributed by atoms with Gasteiger partial charge in [-0.05, 0) is 43.7 Å². The second-order valence-electron chi connectivity index (χ2n) is 5.51. The lowest BCUT2D eigenvalue weighted by Crippen LogP contribution is -2.10. The van der Waals surface area contributed by atoms with Crippen molar-refractivity contribution in [1.29, 1.82) is 0 Å². The number of rotatable bonds is 7. The maximum absolute atomic E-state index is 14.1. The zero-order valence-electron chi connectivity index (χ0n) is 13.5. The van der Waals surface area contributed by atoms with E-state index in [1.165, 1.54) is 6.07 Å². The van der Waals surface area contributed by atoms with Gasteiger partial charge in [0.2, 0.25) is 0 Å². The van der Waals surface area contributed by atoms with Gasteiger partial charge in [0.15, 0.2) is 11.6 Å². The number of aromatic amines is 1. The Morgan fingerprint density at radius 1 is 1.21 bits per heavy atom. The first kappa shape index (κ1) is 16.3. The normalized spacial score (nSPS) is 11.0. The number of aromatic nitrogens is 2. The van der Waals surface area contributed by atoms with Crippen LogP contribution in [0.3, 0.4) is 0 Å². The highest BCUT2D eigenvalue weighted by Crippen LogP contribution is 2.27. The highest BCUT2D eigenvalue weighted by molar-refractivity contribution is 5.84. The molecule has 126 valence electrons. The predicted octanol–water partition coefficient (Wildman–Crippen LogP) is 2.97. The molecule has 0 spiro atoms. The zero-order valence-corrected chi connectivity index (χ0v) is 13.5. The number of benzene rings is 1. The molecule has 5 nitrogen and oxygen atoms in total. The Balaban J connectivity index is 1.62. The van der Waals surface area contributed by atoms with Crippen molar-refractivity contribution in [2.24, 2.45) is 5.73 Å². The number of hydrogen-bond donors (Lipinski definition) is 2. The van der Waals surface area contributed by atoms with Crippen LogP contribution in [0.1, 0.15) is 11.3 Å². The number of nitrogens with one attached hydrogen (secondary N) is 1. The Bertz CT molecular complexity index is 815. The van der Waals surface area contributed by atoms with Crippen molar-refractivity contribution in [3.8, 4) is 11.5 Å². The maximum atomic E-state index is 14.1. The fourth-order valence-corrected chi connectivity index (χ4v) is 2.50. The van der Waals surface area contributed by atoms with E-state index >= 15 is 0 Å². The summed E-state index contributed by atoms with van der Waals surface area (Å²) in [5.74, 6) is 0.475. The standard InChI is InChI=1S/C18H20FN3O2/c1-12-2-3-14(11-21-12)23-6-7-24-18-8-15-13(4-5-20)10-22-17(15)9-16(18)19/h2-3,8-11,22H,4-7,20H2,1H3. The molecule has 0 unspecified atom stereocenters. The van der Waals surface area contributed by atoms with Gasteiger partial charge in [-0.1, -0.05) is 0 Å². The van der Waals surface area contributed by atoms with Crippen LogP contribution < -0.4 is 15.2 Å². The second-order valence-corrected chi connectivity index (χ2v) is 5.51. The molecule has 0 aliphatic heterocycles. The van der Waals surface area contributed by atoms with Gasteiger partial charge in [-0.15, -0.1) is 0 Å². The zero-order chi connectivity index (χ0) is 16.9. The van der Waals surface area contributed by atoms with Crippen LogP contribution in [-0.4, -0.2) is 29.7 Å². The first-order valence-corrected chi connectivity index (χ1v) is 7.85. The number of nitrogens with two attached hydrogens (primary N) is 1. The van der Waals surface area contributed by atoms with E-state index in [2.05, 4.69) is 9.97 Å². The fourth-order valence-electron chi connectivity index (χ4n) is 2.50. The summed E-state index contributed by atoms with van der Waals surface area (Å²) in [6.07, 6.45) is 4.24. The largest absolute Gasteiger partial charge is 0.488 e. The molecule has 0 aliphatic rings. The van der Waals surface area contributed by atoms with Crippen molar-refractivity contribution in [1.82, 2.24) is 9.97 Å². The molecule has 2 aromatic heterocycles. The van der Waals surface area contributed by atoms with Gasteiger partial charge in [0.25, 0.3) is 0 Å². The van der Waals surface area contributed by atoms with Gasteiger partial charge in [0, 0.05) is 28.9 Å². The molecule has 1 aromatic carbocycles. The molecule has 6 heteroatoms. The Labute approximate surface area is 139 Å². The summed E-state index contributed by atoms with van der Waals surface area (Å²) < 4.78 is 25.1. The maximum Gasteiger partial charge on any atom is 0.167 e. The number of ether oxygens (including phenoxy) is 2. The molecule has 0 aliphatic carbocycles. The van der Waals surface area contributed by atoms with Gasteiger partial charge >= 0.3 is 0 Å². The van der Waals surface area contributed by atoms with Crippen molar-refractivity contribution in [3.05, 3.63) is 53.7 Å². The molecule has 0 radical (unpaired) electrons. The SMILES string of the molecule is Cc1ccc(OCCOc2cc3c(CCN)c[nH]c3cc2F)cn1. The summed E-state index contributed by atoms with van der Waals surface area (Å²) >= 11 is 0. The van der Waals surface area contributed by atoms with Crippen molar-refractivity contribution < 1.29 is 13.9 Å². The molecule has 0 amide bonds. The first-order valence-electron chi connectivity index (χ1n) is 7.85. The molecule has 0 atom stereocenters. The van der Waals surface area contributed by atoms with E-state index in [4.69, 9.17) is 15.2 Å². The third-order valence-electron chi connectivity index (χ3n) is 3.73. The molecule has 2 heterocycles. The molecule has 0 saturated heterocycles.